The van der Waals surface area contributed by atoms with Gasteiger partial charge in [-0.1, -0.05) is 11.3 Å². The predicted molar refractivity (Wildman–Crippen MR) is 71.2 cm³/mol. The van der Waals surface area contributed by atoms with E-state index in [1.54, 1.807) is 0 Å². The Morgan fingerprint density at radius 3 is 3.20 bits per heavy atom. The van der Waals surface area contributed by atoms with Gasteiger partial charge >= 0.3 is 10.8 Å². The van der Waals surface area contributed by atoms with E-state index in [1.807, 2.05) is 0 Å². The molecule has 1 unspecified atom stereocenters. The van der Waals surface area contributed by atoms with Crippen LogP contribution in [0.1, 0.15) is 19.6 Å². The largest absolute Gasteiger partial charge is 0.458 e. The quantitative estimate of drug-likeness (QED) is 0.793. The summed E-state index contributed by atoms with van der Waals surface area (Å²) >= 11 is 1.00. The fraction of sp³-hybridized carbons (Fsp3) is 0.455. The molecule has 0 saturated carbocycles. The lowest BCUT2D eigenvalue weighted by molar-refractivity contribution is -0.151. The molecule has 0 amide bonds. The van der Waals surface area contributed by atoms with Crippen molar-refractivity contribution in [3.05, 3.63) is 15.9 Å². The number of aromatic nitrogens is 3. The molecule has 8 nitrogen and oxygen atoms in total. The Bertz CT molecular complexity index is 725. The van der Waals surface area contributed by atoms with Gasteiger partial charge in [0.15, 0.2) is 11.9 Å². The summed E-state index contributed by atoms with van der Waals surface area (Å²) in [5, 5.41) is 0. The van der Waals surface area contributed by atoms with Gasteiger partial charge in [-0.2, -0.15) is 4.98 Å². The van der Waals surface area contributed by atoms with Crippen molar-refractivity contribution in [2.24, 2.45) is 0 Å². The van der Waals surface area contributed by atoms with Crippen LogP contribution in [0.3, 0.4) is 0 Å². The topological polar surface area (TPSA) is 109 Å². The second-order valence-electron chi connectivity index (χ2n) is 4.35. The summed E-state index contributed by atoms with van der Waals surface area (Å²) in [7, 11) is 0. The van der Waals surface area contributed by atoms with Crippen LogP contribution >= 0.6 is 11.3 Å². The van der Waals surface area contributed by atoms with Crippen molar-refractivity contribution >= 4 is 33.6 Å². The third kappa shape index (κ3) is 2.14. The number of nitrogens with zero attached hydrogens (tertiary/aromatic N) is 3. The van der Waals surface area contributed by atoms with E-state index < -0.39 is 18.3 Å². The van der Waals surface area contributed by atoms with E-state index in [2.05, 4.69) is 9.97 Å². The van der Waals surface area contributed by atoms with Crippen LogP contribution in [0.5, 0.6) is 0 Å². The molecule has 1 aliphatic heterocycles. The SMILES string of the molecule is CC(=O)O[C@@H]1CCOC1n1c(=O)sc2cnc(N)nc21. The Morgan fingerprint density at radius 2 is 2.45 bits per heavy atom. The van der Waals surface area contributed by atoms with Crippen molar-refractivity contribution < 1.29 is 14.3 Å². The smallest absolute Gasteiger partial charge is 0.311 e. The summed E-state index contributed by atoms with van der Waals surface area (Å²) in [5.41, 5.74) is 5.96. The third-order valence-electron chi connectivity index (χ3n) is 2.96. The fourth-order valence-electron chi connectivity index (χ4n) is 2.20. The zero-order valence-corrected chi connectivity index (χ0v) is 11.4. The number of nitrogens with two attached hydrogens (primary N) is 1. The standard InChI is InChI=1S/C11H12N4O4S/c1-5(16)19-6-2-3-18-9(6)15-8-7(20-11(15)17)4-13-10(12)14-8/h4,6,9H,2-3H2,1H3,(H2,12,13,14)/t6-,9?/m1/s1. The molecular weight excluding hydrogens is 284 g/mol. The van der Waals surface area contributed by atoms with Gasteiger partial charge in [0.2, 0.25) is 5.95 Å². The summed E-state index contributed by atoms with van der Waals surface area (Å²) in [6, 6.07) is 0. The lowest BCUT2D eigenvalue weighted by atomic mass is 10.2. The first kappa shape index (κ1) is 13.0. The van der Waals surface area contributed by atoms with E-state index in [-0.39, 0.29) is 10.8 Å². The number of hydrogen-bond donors (Lipinski definition) is 1. The van der Waals surface area contributed by atoms with Crippen LogP contribution in [0.15, 0.2) is 11.0 Å². The molecule has 2 N–H and O–H groups in total. The van der Waals surface area contributed by atoms with Gasteiger partial charge in [0, 0.05) is 13.3 Å². The van der Waals surface area contributed by atoms with E-state index in [9.17, 15) is 9.59 Å². The number of nitrogen functional groups attached to an aromatic ring is 1. The summed E-state index contributed by atoms with van der Waals surface area (Å²) < 4.78 is 12.7. The molecular formula is C11H12N4O4S. The number of ether oxygens (including phenoxy) is 2. The average Bonchev–Trinajstić information content (AvgIpc) is 2.92. The monoisotopic (exact) mass is 296 g/mol. The molecule has 2 aromatic rings. The Morgan fingerprint density at radius 1 is 1.65 bits per heavy atom. The number of hydrogen-bond acceptors (Lipinski definition) is 8. The van der Waals surface area contributed by atoms with Gasteiger partial charge in [-0.25, -0.2) is 4.98 Å². The maximum atomic E-state index is 12.1. The zero-order chi connectivity index (χ0) is 14.3. The second kappa shape index (κ2) is 4.84. The van der Waals surface area contributed by atoms with Gasteiger partial charge in [0.25, 0.3) is 0 Å². The maximum Gasteiger partial charge on any atom is 0.311 e. The number of rotatable bonds is 2. The van der Waals surface area contributed by atoms with Crippen molar-refractivity contribution in [2.45, 2.75) is 25.7 Å². The van der Waals surface area contributed by atoms with Gasteiger partial charge in [-0.05, 0) is 0 Å². The molecule has 3 rings (SSSR count). The minimum Gasteiger partial charge on any atom is -0.458 e. The van der Waals surface area contributed by atoms with E-state index >= 15 is 0 Å². The lowest BCUT2D eigenvalue weighted by Crippen LogP contribution is -2.30. The molecule has 20 heavy (non-hydrogen) atoms. The van der Waals surface area contributed by atoms with E-state index in [0.29, 0.717) is 23.4 Å². The second-order valence-corrected chi connectivity index (χ2v) is 5.35. The number of carbonyl (C=O) groups is 1. The first-order chi connectivity index (χ1) is 9.56. The van der Waals surface area contributed by atoms with Crippen molar-refractivity contribution in [3.8, 4) is 0 Å². The molecule has 3 heterocycles. The van der Waals surface area contributed by atoms with Crippen molar-refractivity contribution in [1.82, 2.24) is 14.5 Å². The van der Waals surface area contributed by atoms with E-state index in [0.717, 1.165) is 11.3 Å². The van der Waals surface area contributed by atoms with Crippen LogP contribution in [-0.4, -0.2) is 33.2 Å². The van der Waals surface area contributed by atoms with Gasteiger partial charge in [-0.15, -0.1) is 0 Å². The summed E-state index contributed by atoms with van der Waals surface area (Å²) in [6.45, 7) is 1.73. The van der Waals surface area contributed by atoms with Gasteiger partial charge < -0.3 is 15.2 Å². The highest BCUT2D eigenvalue weighted by Gasteiger charge is 2.35. The number of fused-ring (bicyclic) bond motifs is 1. The molecule has 0 aliphatic carbocycles. The molecule has 1 fully saturated rings. The van der Waals surface area contributed by atoms with Gasteiger partial charge in [0.1, 0.15) is 6.10 Å². The number of esters is 1. The molecule has 2 atom stereocenters. The van der Waals surface area contributed by atoms with Crippen LogP contribution in [-0.2, 0) is 14.3 Å². The summed E-state index contributed by atoms with van der Waals surface area (Å²) in [5.74, 6) is -0.335. The lowest BCUT2D eigenvalue weighted by Gasteiger charge is -2.19. The first-order valence-electron chi connectivity index (χ1n) is 5.98. The normalized spacial score (nSPS) is 22.2. The average molecular weight is 296 g/mol. The summed E-state index contributed by atoms with van der Waals surface area (Å²) in [4.78, 5) is 30.9. The molecule has 106 valence electrons. The molecule has 2 aromatic heterocycles. The van der Waals surface area contributed by atoms with Crippen LogP contribution in [0, 0.1) is 0 Å². The minimum atomic E-state index is -0.672. The predicted octanol–water partition coefficient (Wildman–Crippen LogP) is 0.286. The van der Waals surface area contributed by atoms with Crippen molar-refractivity contribution in [3.63, 3.8) is 0 Å². The van der Waals surface area contributed by atoms with Crippen LogP contribution in [0.2, 0.25) is 0 Å². The molecule has 0 spiro atoms. The van der Waals surface area contributed by atoms with E-state index in [1.165, 1.54) is 17.7 Å². The number of thiazole rings is 1. The fourth-order valence-corrected chi connectivity index (χ4v) is 3.02. The highest BCUT2D eigenvalue weighted by molar-refractivity contribution is 7.16. The highest BCUT2D eigenvalue weighted by Crippen LogP contribution is 2.29. The molecule has 0 bridgehead atoms. The van der Waals surface area contributed by atoms with Gasteiger partial charge in [-0.3, -0.25) is 14.2 Å². The maximum absolute atomic E-state index is 12.1. The molecule has 0 aromatic carbocycles. The molecule has 1 saturated heterocycles. The van der Waals surface area contributed by atoms with Crippen LogP contribution in [0.25, 0.3) is 10.3 Å². The first-order valence-corrected chi connectivity index (χ1v) is 6.80. The van der Waals surface area contributed by atoms with Gasteiger partial charge in [0.05, 0.1) is 17.5 Å². The Balaban J connectivity index is 2.09. The Kier molecular flexibility index (Phi) is 3.14. The number of carbonyl (C=O) groups excluding carboxylic acids is 1. The van der Waals surface area contributed by atoms with E-state index in [4.69, 9.17) is 15.2 Å². The molecule has 9 heteroatoms. The molecule has 0 radical (unpaired) electrons. The third-order valence-corrected chi connectivity index (χ3v) is 3.84. The van der Waals surface area contributed by atoms with Crippen molar-refractivity contribution in [2.75, 3.05) is 12.3 Å². The van der Waals surface area contributed by atoms with Crippen molar-refractivity contribution in [1.29, 1.82) is 0 Å². The minimum absolute atomic E-state index is 0.0751. The zero-order valence-electron chi connectivity index (χ0n) is 10.6. The Labute approximate surface area is 117 Å². The van der Waals surface area contributed by atoms with Crippen LogP contribution in [0.4, 0.5) is 5.95 Å². The summed E-state index contributed by atoms with van der Waals surface area (Å²) in [6.07, 6.45) is 0.860. The highest BCUT2D eigenvalue weighted by atomic mass is 32.1. The van der Waals surface area contributed by atoms with Crippen LogP contribution < -0.4 is 10.6 Å². The Hall–Kier alpha value is -2.00. The molecule has 1 aliphatic rings. The number of anilines is 1.